The van der Waals surface area contributed by atoms with Crippen LogP contribution in [0.25, 0.3) is 0 Å². The Kier molecular flexibility index (Phi) is 1.87. The number of para-hydroxylation sites is 1. The third kappa shape index (κ3) is 1.23. The first-order valence-corrected chi connectivity index (χ1v) is 6.00. The smallest absolute Gasteiger partial charge is 0.267 e. The monoisotopic (exact) mass is 251 g/mol. The molecule has 0 fully saturated rings. The molecule has 0 bridgehead atoms. The van der Waals surface area contributed by atoms with Gasteiger partial charge in [-0.25, -0.2) is 4.90 Å². The van der Waals surface area contributed by atoms with E-state index in [2.05, 4.69) is 0 Å². The molecule has 92 valence electrons. The molecule has 4 nitrogen and oxygen atoms in total. The van der Waals surface area contributed by atoms with Gasteiger partial charge in [0.05, 0.1) is 5.56 Å². The van der Waals surface area contributed by atoms with Crippen LogP contribution >= 0.6 is 0 Å². The summed E-state index contributed by atoms with van der Waals surface area (Å²) in [6.45, 7) is 0. The van der Waals surface area contributed by atoms with E-state index in [0.29, 0.717) is 16.9 Å². The number of ether oxygens (including phenoxy) is 1. The first-order valence-electron chi connectivity index (χ1n) is 6.00. The van der Waals surface area contributed by atoms with Gasteiger partial charge in [-0.3, -0.25) is 9.59 Å². The Morgan fingerprint density at radius 1 is 0.842 bits per heavy atom. The van der Waals surface area contributed by atoms with E-state index in [1.807, 2.05) is 18.2 Å². The van der Waals surface area contributed by atoms with Crippen LogP contribution < -0.4 is 4.74 Å². The number of nitrogens with zero attached hydrogens (tertiary/aromatic N) is 1. The first kappa shape index (κ1) is 10.3. The SMILES string of the molecule is O=C1c2ccccc2OC2c3ccccc3C(=O)N12. The predicted molar refractivity (Wildman–Crippen MR) is 66.8 cm³/mol. The number of carbonyl (C=O) groups is 2. The lowest BCUT2D eigenvalue weighted by molar-refractivity contribution is 0.0184. The standard InChI is InChI=1S/C15H9NO3/c17-13-9-5-1-2-6-10(9)15-16(13)14(18)11-7-3-4-8-12(11)19-15/h1-8,15H. The van der Waals surface area contributed by atoms with Crippen molar-refractivity contribution >= 4 is 11.8 Å². The van der Waals surface area contributed by atoms with Crippen molar-refractivity contribution in [1.82, 2.24) is 4.90 Å². The Morgan fingerprint density at radius 2 is 1.47 bits per heavy atom. The molecule has 2 aliphatic rings. The van der Waals surface area contributed by atoms with Crippen molar-refractivity contribution in [2.45, 2.75) is 6.23 Å². The molecule has 2 aromatic rings. The highest BCUT2D eigenvalue weighted by atomic mass is 16.5. The van der Waals surface area contributed by atoms with Crippen LogP contribution in [-0.2, 0) is 0 Å². The maximum Gasteiger partial charge on any atom is 0.267 e. The molecule has 0 aliphatic carbocycles. The van der Waals surface area contributed by atoms with E-state index in [1.165, 1.54) is 4.90 Å². The van der Waals surface area contributed by atoms with Crippen LogP contribution in [0.5, 0.6) is 5.75 Å². The quantitative estimate of drug-likeness (QED) is 0.675. The predicted octanol–water partition coefficient (Wildman–Crippen LogP) is 2.37. The van der Waals surface area contributed by atoms with Gasteiger partial charge in [-0.2, -0.15) is 0 Å². The van der Waals surface area contributed by atoms with Gasteiger partial charge in [-0.05, 0) is 18.2 Å². The number of hydrogen-bond donors (Lipinski definition) is 0. The Balaban J connectivity index is 1.93. The zero-order chi connectivity index (χ0) is 13.0. The summed E-state index contributed by atoms with van der Waals surface area (Å²) in [5.41, 5.74) is 1.71. The van der Waals surface area contributed by atoms with Gasteiger partial charge in [-0.1, -0.05) is 30.3 Å². The average molecular weight is 251 g/mol. The lowest BCUT2D eigenvalue weighted by atomic mass is 10.1. The summed E-state index contributed by atoms with van der Waals surface area (Å²) < 4.78 is 5.81. The van der Waals surface area contributed by atoms with Crippen LogP contribution in [0, 0.1) is 0 Å². The Labute approximate surface area is 109 Å². The molecule has 0 saturated carbocycles. The molecule has 2 aromatic carbocycles. The van der Waals surface area contributed by atoms with Crippen molar-refractivity contribution in [2.75, 3.05) is 0 Å². The summed E-state index contributed by atoms with van der Waals surface area (Å²) in [4.78, 5) is 25.9. The van der Waals surface area contributed by atoms with Gasteiger partial charge in [0.15, 0.2) is 0 Å². The number of carbonyl (C=O) groups excluding carboxylic acids is 2. The molecule has 0 radical (unpaired) electrons. The third-order valence-electron chi connectivity index (χ3n) is 3.49. The van der Waals surface area contributed by atoms with Gasteiger partial charge in [0.25, 0.3) is 11.8 Å². The number of fused-ring (bicyclic) bond motifs is 4. The second kappa shape index (κ2) is 3.45. The van der Waals surface area contributed by atoms with E-state index in [1.54, 1.807) is 30.3 Å². The highest BCUT2D eigenvalue weighted by Crippen LogP contribution is 2.41. The van der Waals surface area contributed by atoms with Gasteiger partial charge >= 0.3 is 0 Å². The molecular weight excluding hydrogens is 242 g/mol. The van der Waals surface area contributed by atoms with Crippen LogP contribution in [0.4, 0.5) is 0 Å². The van der Waals surface area contributed by atoms with Crippen LogP contribution in [0.3, 0.4) is 0 Å². The van der Waals surface area contributed by atoms with Crippen LogP contribution in [-0.4, -0.2) is 16.7 Å². The van der Waals surface area contributed by atoms with E-state index in [-0.39, 0.29) is 11.8 Å². The van der Waals surface area contributed by atoms with Crippen molar-refractivity contribution in [3.8, 4) is 5.75 Å². The van der Waals surface area contributed by atoms with Gasteiger partial charge < -0.3 is 4.74 Å². The van der Waals surface area contributed by atoms with Crippen molar-refractivity contribution in [3.05, 3.63) is 65.2 Å². The summed E-state index contributed by atoms with van der Waals surface area (Å²) in [6.07, 6.45) is -0.633. The van der Waals surface area contributed by atoms with Gasteiger partial charge in [0.1, 0.15) is 5.75 Å². The molecule has 2 aliphatic heterocycles. The van der Waals surface area contributed by atoms with Crippen LogP contribution in [0.1, 0.15) is 32.5 Å². The van der Waals surface area contributed by atoms with Crippen molar-refractivity contribution in [1.29, 1.82) is 0 Å². The summed E-state index contributed by atoms with van der Waals surface area (Å²) in [7, 11) is 0. The molecule has 4 heteroatoms. The minimum absolute atomic E-state index is 0.292. The van der Waals surface area contributed by atoms with Crippen molar-refractivity contribution in [2.24, 2.45) is 0 Å². The maximum absolute atomic E-state index is 12.4. The van der Waals surface area contributed by atoms with E-state index >= 15 is 0 Å². The summed E-state index contributed by atoms with van der Waals surface area (Å²) in [5.74, 6) is -0.0635. The topological polar surface area (TPSA) is 46.6 Å². The molecule has 2 amide bonds. The normalized spacial score (nSPS) is 19.6. The molecule has 0 N–H and O–H groups in total. The molecule has 2 heterocycles. The highest BCUT2D eigenvalue weighted by molar-refractivity contribution is 6.14. The van der Waals surface area contributed by atoms with E-state index in [0.717, 1.165) is 5.56 Å². The minimum Gasteiger partial charge on any atom is -0.465 e. The third-order valence-corrected chi connectivity index (χ3v) is 3.49. The number of amides is 2. The highest BCUT2D eigenvalue weighted by Gasteiger charge is 2.46. The number of rotatable bonds is 0. The van der Waals surface area contributed by atoms with E-state index in [4.69, 9.17) is 4.74 Å². The molecule has 0 aromatic heterocycles. The summed E-state index contributed by atoms with van der Waals surface area (Å²) in [5, 5.41) is 0. The van der Waals surface area contributed by atoms with Crippen LogP contribution in [0.2, 0.25) is 0 Å². The molecule has 0 spiro atoms. The zero-order valence-electron chi connectivity index (χ0n) is 9.87. The van der Waals surface area contributed by atoms with Gasteiger partial charge in [0.2, 0.25) is 6.23 Å². The number of hydrogen-bond acceptors (Lipinski definition) is 3. The average Bonchev–Trinajstić information content (AvgIpc) is 2.74. The fourth-order valence-electron chi connectivity index (χ4n) is 2.59. The van der Waals surface area contributed by atoms with Crippen molar-refractivity contribution < 1.29 is 14.3 Å². The molecule has 19 heavy (non-hydrogen) atoms. The summed E-state index contributed by atoms with van der Waals surface area (Å²) >= 11 is 0. The van der Waals surface area contributed by atoms with E-state index in [9.17, 15) is 9.59 Å². The number of imide groups is 1. The minimum atomic E-state index is -0.633. The molecule has 4 rings (SSSR count). The first-order chi connectivity index (χ1) is 9.27. The number of benzene rings is 2. The second-order valence-electron chi connectivity index (χ2n) is 4.53. The Bertz CT molecular complexity index is 717. The lowest BCUT2D eigenvalue weighted by Gasteiger charge is -2.30. The largest absolute Gasteiger partial charge is 0.465 e. The molecular formula is C15H9NO3. The van der Waals surface area contributed by atoms with Crippen LogP contribution in [0.15, 0.2) is 48.5 Å². The lowest BCUT2D eigenvalue weighted by Crippen LogP contribution is -2.40. The fourth-order valence-corrected chi connectivity index (χ4v) is 2.59. The maximum atomic E-state index is 12.4. The molecule has 0 saturated heterocycles. The fraction of sp³-hybridized carbons (Fsp3) is 0.0667. The van der Waals surface area contributed by atoms with Crippen molar-refractivity contribution in [3.63, 3.8) is 0 Å². The van der Waals surface area contributed by atoms with Gasteiger partial charge in [0, 0.05) is 11.1 Å². The molecule has 1 atom stereocenters. The van der Waals surface area contributed by atoms with Gasteiger partial charge in [-0.15, -0.1) is 0 Å². The van der Waals surface area contributed by atoms with E-state index < -0.39 is 6.23 Å². The Morgan fingerprint density at radius 3 is 2.32 bits per heavy atom. The summed E-state index contributed by atoms with van der Waals surface area (Å²) in [6, 6.07) is 14.1. The zero-order valence-corrected chi connectivity index (χ0v) is 9.87. The molecule has 1 unspecified atom stereocenters. The Hall–Kier alpha value is -2.62. The second-order valence-corrected chi connectivity index (χ2v) is 4.53.